The van der Waals surface area contributed by atoms with Gasteiger partial charge in [0.1, 0.15) is 5.02 Å². The largest absolute Gasteiger partial charge is 0.367 e. The van der Waals surface area contributed by atoms with Gasteiger partial charge >= 0.3 is 0 Å². The number of rotatable bonds is 3. The lowest BCUT2D eigenvalue weighted by molar-refractivity contribution is 0.340. The fraction of sp³-hybridized carbons (Fsp3) is 0.733. The lowest BCUT2D eigenvalue weighted by Crippen LogP contribution is -2.40. The van der Waals surface area contributed by atoms with Crippen molar-refractivity contribution in [2.24, 2.45) is 11.8 Å². The summed E-state index contributed by atoms with van der Waals surface area (Å²) in [7, 11) is 0. The Bertz CT molecular complexity index is 557. The molecule has 0 spiro atoms. The molecule has 116 valence electrons. The number of fused-ring (bicyclic) bond motifs is 1. The van der Waals surface area contributed by atoms with Crippen molar-refractivity contribution < 1.29 is 0 Å². The van der Waals surface area contributed by atoms with E-state index in [0.717, 1.165) is 25.3 Å². The van der Waals surface area contributed by atoms with Crippen LogP contribution in [0.5, 0.6) is 0 Å². The van der Waals surface area contributed by atoms with E-state index in [2.05, 4.69) is 29.2 Å². The van der Waals surface area contributed by atoms with Crippen molar-refractivity contribution >= 4 is 17.3 Å². The molecule has 3 heterocycles. The SMILES string of the molecule is CC(C)Cn1ncc(N2C[C@@H]3CCCN[C@@H]3C2)c(Cl)c1=O. The molecule has 2 aliphatic heterocycles. The van der Waals surface area contributed by atoms with Gasteiger partial charge in [-0.1, -0.05) is 25.4 Å². The zero-order chi connectivity index (χ0) is 15.0. The van der Waals surface area contributed by atoms with Crippen molar-refractivity contribution in [1.82, 2.24) is 15.1 Å². The highest BCUT2D eigenvalue weighted by Crippen LogP contribution is 2.31. The molecule has 0 bridgehead atoms. The first kappa shape index (κ1) is 14.9. The lowest BCUT2D eigenvalue weighted by atomic mass is 9.94. The first-order chi connectivity index (χ1) is 10.1. The predicted octanol–water partition coefficient (Wildman–Crippen LogP) is 1.74. The van der Waals surface area contributed by atoms with Crippen molar-refractivity contribution in [3.8, 4) is 0 Å². The van der Waals surface area contributed by atoms with Gasteiger partial charge in [-0.05, 0) is 31.2 Å². The third kappa shape index (κ3) is 2.94. The van der Waals surface area contributed by atoms with Gasteiger partial charge in [-0.25, -0.2) is 4.68 Å². The van der Waals surface area contributed by atoms with Gasteiger partial charge in [0.05, 0.1) is 11.9 Å². The number of hydrogen-bond donors (Lipinski definition) is 1. The Morgan fingerprint density at radius 2 is 2.29 bits per heavy atom. The highest BCUT2D eigenvalue weighted by atomic mass is 35.5. The predicted molar refractivity (Wildman–Crippen MR) is 85.1 cm³/mol. The van der Waals surface area contributed by atoms with Gasteiger partial charge in [0, 0.05) is 25.7 Å². The normalized spacial score (nSPS) is 25.4. The topological polar surface area (TPSA) is 50.2 Å². The van der Waals surface area contributed by atoms with E-state index in [4.69, 9.17) is 11.6 Å². The van der Waals surface area contributed by atoms with Crippen LogP contribution >= 0.6 is 11.6 Å². The molecular weight excluding hydrogens is 288 g/mol. The van der Waals surface area contributed by atoms with Crippen molar-refractivity contribution in [2.45, 2.75) is 39.3 Å². The van der Waals surface area contributed by atoms with Crippen LogP contribution in [0.3, 0.4) is 0 Å². The summed E-state index contributed by atoms with van der Waals surface area (Å²) < 4.78 is 1.47. The summed E-state index contributed by atoms with van der Waals surface area (Å²) in [6, 6.07) is 0.521. The van der Waals surface area contributed by atoms with Gasteiger partial charge in [-0.3, -0.25) is 4.79 Å². The van der Waals surface area contributed by atoms with E-state index in [1.54, 1.807) is 6.20 Å². The molecule has 0 aliphatic carbocycles. The fourth-order valence-electron chi connectivity index (χ4n) is 3.40. The molecule has 0 unspecified atom stereocenters. The van der Waals surface area contributed by atoms with Gasteiger partial charge in [-0.2, -0.15) is 5.10 Å². The number of halogens is 1. The molecule has 2 aliphatic rings. The maximum atomic E-state index is 12.3. The Morgan fingerprint density at radius 3 is 3.00 bits per heavy atom. The molecule has 1 N–H and O–H groups in total. The van der Waals surface area contributed by atoms with Gasteiger partial charge in [0.2, 0.25) is 0 Å². The molecule has 0 amide bonds. The third-order valence-corrected chi connectivity index (χ3v) is 4.80. The van der Waals surface area contributed by atoms with E-state index >= 15 is 0 Å². The molecule has 1 aromatic rings. The minimum Gasteiger partial charge on any atom is -0.367 e. The van der Waals surface area contributed by atoms with Crippen molar-refractivity contribution in [2.75, 3.05) is 24.5 Å². The van der Waals surface area contributed by atoms with Crippen molar-refractivity contribution in [3.05, 3.63) is 21.6 Å². The van der Waals surface area contributed by atoms with E-state index in [-0.39, 0.29) is 5.56 Å². The molecular formula is C15H23ClN4O. The molecule has 2 atom stereocenters. The van der Waals surface area contributed by atoms with Gasteiger partial charge in [-0.15, -0.1) is 0 Å². The Hall–Kier alpha value is -1.07. The third-order valence-electron chi connectivity index (χ3n) is 4.44. The standard InChI is InChI=1S/C15H23ClN4O/c1-10(2)7-20-15(21)14(16)13(6-18-20)19-8-11-4-3-5-17-12(11)9-19/h6,10-12,17H,3-5,7-9H2,1-2H3/t11-,12+/m0/s1. The van der Waals surface area contributed by atoms with Crippen LogP contribution < -0.4 is 15.8 Å². The lowest BCUT2D eigenvalue weighted by Gasteiger charge is -2.24. The molecule has 1 aromatic heterocycles. The van der Waals surface area contributed by atoms with Crippen LogP contribution in [0.1, 0.15) is 26.7 Å². The fourth-order valence-corrected chi connectivity index (χ4v) is 3.66. The maximum Gasteiger partial charge on any atom is 0.287 e. The Balaban J connectivity index is 1.83. The summed E-state index contributed by atoms with van der Waals surface area (Å²) in [5.41, 5.74) is 0.614. The molecule has 0 radical (unpaired) electrons. The summed E-state index contributed by atoms with van der Waals surface area (Å²) in [5, 5.41) is 8.17. The molecule has 0 aromatic carbocycles. The highest BCUT2D eigenvalue weighted by molar-refractivity contribution is 6.33. The van der Waals surface area contributed by atoms with E-state index in [0.29, 0.717) is 29.4 Å². The quantitative estimate of drug-likeness (QED) is 0.924. The Morgan fingerprint density at radius 1 is 1.48 bits per heavy atom. The first-order valence-electron chi connectivity index (χ1n) is 7.80. The monoisotopic (exact) mass is 310 g/mol. The number of anilines is 1. The van der Waals surface area contributed by atoms with E-state index in [1.165, 1.54) is 17.5 Å². The van der Waals surface area contributed by atoms with E-state index in [1.807, 2.05) is 0 Å². The molecule has 6 heteroatoms. The summed E-state index contributed by atoms with van der Waals surface area (Å²) in [6.45, 7) is 7.70. The van der Waals surface area contributed by atoms with Crippen LogP contribution in [0, 0.1) is 11.8 Å². The van der Waals surface area contributed by atoms with Crippen LogP contribution in [-0.2, 0) is 6.54 Å². The minimum absolute atomic E-state index is 0.175. The molecule has 2 saturated heterocycles. The Labute approximate surface area is 130 Å². The summed E-state index contributed by atoms with van der Waals surface area (Å²) in [6.07, 6.45) is 4.24. The molecule has 3 rings (SSSR count). The van der Waals surface area contributed by atoms with Crippen molar-refractivity contribution in [1.29, 1.82) is 0 Å². The van der Waals surface area contributed by atoms with Crippen molar-refractivity contribution in [3.63, 3.8) is 0 Å². The first-order valence-corrected chi connectivity index (χ1v) is 8.18. The molecule has 0 saturated carbocycles. The van der Waals surface area contributed by atoms with Crippen LogP contribution in [0.2, 0.25) is 5.02 Å². The summed E-state index contributed by atoms with van der Waals surface area (Å²) >= 11 is 6.32. The average molecular weight is 311 g/mol. The van der Waals surface area contributed by atoms with Crippen LogP contribution in [0.25, 0.3) is 0 Å². The minimum atomic E-state index is -0.175. The summed E-state index contributed by atoms with van der Waals surface area (Å²) in [4.78, 5) is 14.5. The summed E-state index contributed by atoms with van der Waals surface area (Å²) in [5.74, 6) is 1.03. The Kier molecular flexibility index (Phi) is 4.22. The second-order valence-electron chi connectivity index (χ2n) is 6.59. The number of nitrogens with zero attached hydrogens (tertiary/aromatic N) is 3. The number of aromatic nitrogens is 2. The number of piperidine rings is 1. The van der Waals surface area contributed by atoms with Gasteiger partial charge in [0.25, 0.3) is 5.56 Å². The molecule has 21 heavy (non-hydrogen) atoms. The van der Waals surface area contributed by atoms with Crippen LogP contribution in [-0.4, -0.2) is 35.5 Å². The average Bonchev–Trinajstić information content (AvgIpc) is 2.87. The van der Waals surface area contributed by atoms with Gasteiger partial charge in [0.15, 0.2) is 0 Å². The van der Waals surface area contributed by atoms with E-state index in [9.17, 15) is 4.79 Å². The second-order valence-corrected chi connectivity index (χ2v) is 6.97. The van der Waals surface area contributed by atoms with Crippen LogP contribution in [0.4, 0.5) is 5.69 Å². The van der Waals surface area contributed by atoms with Crippen LogP contribution in [0.15, 0.2) is 11.0 Å². The number of nitrogens with one attached hydrogen (secondary N) is 1. The smallest absolute Gasteiger partial charge is 0.287 e. The number of hydrogen-bond acceptors (Lipinski definition) is 4. The molecule has 5 nitrogen and oxygen atoms in total. The zero-order valence-corrected chi connectivity index (χ0v) is 13.4. The van der Waals surface area contributed by atoms with E-state index < -0.39 is 0 Å². The zero-order valence-electron chi connectivity index (χ0n) is 12.7. The highest BCUT2D eigenvalue weighted by Gasteiger charge is 2.35. The molecule has 2 fully saturated rings. The second kappa shape index (κ2) is 5.97. The maximum absolute atomic E-state index is 12.3. The van der Waals surface area contributed by atoms with Gasteiger partial charge < -0.3 is 10.2 Å².